The van der Waals surface area contributed by atoms with Crippen LogP contribution in [-0.2, 0) is 11.2 Å². The van der Waals surface area contributed by atoms with E-state index in [-0.39, 0.29) is 17.4 Å². The Labute approximate surface area is 119 Å². The van der Waals surface area contributed by atoms with Gasteiger partial charge in [-0.25, -0.2) is 0 Å². The van der Waals surface area contributed by atoms with E-state index in [1.165, 1.54) is 0 Å². The van der Waals surface area contributed by atoms with Gasteiger partial charge in [-0.1, -0.05) is 6.07 Å². The van der Waals surface area contributed by atoms with Crippen LogP contribution >= 0.6 is 28.6 Å². The molecule has 0 radical (unpaired) electrons. The number of carbonyl (C=O) groups excluding carboxylic acids is 1. The van der Waals surface area contributed by atoms with Crippen LogP contribution in [0.15, 0.2) is 27.8 Å². The molecule has 0 bridgehead atoms. The van der Waals surface area contributed by atoms with Crippen LogP contribution in [-0.4, -0.2) is 29.0 Å². The van der Waals surface area contributed by atoms with Crippen molar-refractivity contribution in [3.63, 3.8) is 0 Å². The first-order chi connectivity index (χ1) is 8.58. The standard InChI is InChI=1S/C11H14BrN3O2S/c12-8-5-7(1-2-10(8)16)6-9(15-13)11(17)14-3-4-18/h1-2,5,16,18H,3-4,6,13H2,(H,14,17). The minimum Gasteiger partial charge on any atom is -0.507 e. The summed E-state index contributed by atoms with van der Waals surface area (Å²) in [5, 5.41) is 15.5. The lowest BCUT2D eigenvalue weighted by molar-refractivity contribution is -0.114. The zero-order chi connectivity index (χ0) is 13.5. The highest BCUT2D eigenvalue weighted by Crippen LogP contribution is 2.24. The van der Waals surface area contributed by atoms with Crippen molar-refractivity contribution >= 4 is 40.2 Å². The van der Waals surface area contributed by atoms with Crippen molar-refractivity contribution in [3.05, 3.63) is 28.2 Å². The number of aromatic hydroxyl groups is 1. The minimum atomic E-state index is -0.309. The fraction of sp³-hybridized carbons (Fsp3) is 0.273. The number of phenols is 1. The van der Waals surface area contributed by atoms with Gasteiger partial charge in [-0.15, -0.1) is 0 Å². The minimum absolute atomic E-state index is 0.143. The summed E-state index contributed by atoms with van der Waals surface area (Å²) < 4.78 is 0.562. The van der Waals surface area contributed by atoms with Gasteiger partial charge in [-0.2, -0.15) is 17.7 Å². The molecule has 4 N–H and O–H groups in total. The monoisotopic (exact) mass is 331 g/mol. The Balaban J connectivity index is 2.74. The molecule has 1 amide bonds. The third kappa shape index (κ3) is 4.23. The molecule has 0 heterocycles. The zero-order valence-electron chi connectivity index (χ0n) is 9.56. The maximum absolute atomic E-state index is 11.7. The highest BCUT2D eigenvalue weighted by Gasteiger charge is 2.12. The summed E-state index contributed by atoms with van der Waals surface area (Å²) >= 11 is 7.20. The number of nitrogens with one attached hydrogen (secondary N) is 1. The SMILES string of the molecule is NN=C(Cc1ccc(O)c(Br)c1)C(=O)NCCS. The number of rotatable bonds is 5. The fourth-order valence-electron chi connectivity index (χ4n) is 1.31. The van der Waals surface area contributed by atoms with Crippen molar-refractivity contribution in [1.29, 1.82) is 0 Å². The van der Waals surface area contributed by atoms with Crippen molar-refractivity contribution < 1.29 is 9.90 Å². The van der Waals surface area contributed by atoms with Crippen LogP contribution in [0.4, 0.5) is 0 Å². The van der Waals surface area contributed by atoms with Gasteiger partial charge in [0.2, 0.25) is 0 Å². The molecule has 1 aromatic carbocycles. The molecule has 0 aliphatic carbocycles. The van der Waals surface area contributed by atoms with Gasteiger partial charge in [-0.05, 0) is 33.6 Å². The van der Waals surface area contributed by atoms with Crippen LogP contribution in [0.2, 0.25) is 0 Å². The van der Waals surface area contributed by atoms with Crippen LogP contribution in [0.25, 0.3) is 0 Å². The van der Waals surface area contributed by atoms with E-state index in [4.69, 9.17) is 5.84 Å². The largest absolute Gasteiger partial charge is 0.507 e. The van der Waals surface area contributed by atoms with E-state index < -0.39 is 0 Å². The van der Waals surface area contributed by atoms with E-state index in [0.29, 0.717) is 23.2 Å². The second kappa shape index (κ2) is 7.27. The zero-order valence-corrected chi connectivity index (χ0v) is 12.0. The van der Waals surface area contributed by atoms with E-state index in [0.717, 1.165) is 5.56 Å². The third-order valence-corrected chi connectivity index (χ3v) is 3.06. The van der Waals surface area contributed by atoms with E-state index in [2.05, 4.69) is 39.0 Å². The Morgan fingerprint density at radius 2 is 2.28 bits per heavy atom. The van der Waals surface area contributed by atoms with Crippen molar-refractivity contribution in [3.8, 4) is 5.75 Å². The molecule has 0 fully saturated rings. The summed E-state index contributed by atoms with van der Waals surface area (Å²) in [4.78, 5) is 11.7. The average Bonchev–Trinajstić information content (AvgIpc) is 2.37. The first-order valence-electron chi connectivity index (χ1n) is 5.21. The van der Waals surface area contributed by atoms with Crippen LogP contribution in [0, 0.1) is 0 Å². The number of amides is 1. The molecule has 98 valence electrons. The molecule has 0 unspecified atom stereocenters. The first kappa shape index (κ1) is 14.8. The highest BCUT2D eigenvalue weighted by atomic mass is 79.9. The molecule has 0 atom stereocenters. The van der Waals surface area contributed by atoms with Gasteiger partial charge in [0.1, 0.15) is 11.5 Å². The molecule has 0 saturated heterocycles. The molecular formula is C11H14BrN3O2S. The lowest BCUT2D eigenvalue weighted by Gasteiger charge is -2.07. The number of hydrogen-bond acceptors (Lipinski definition) is 5. The van der Waals surface area contributed by atoms with Gasteiger partial charge in [0.15, 0.2) is 0 Å². The van der Waals surface area contributed by atoms with Gasteiger partial charge < -0.3 is 16.3 Å². The van der Waals surface area contributed by atoms with Crippen LogP contribution in [0.5, 0.6) is 5.75 Å². The summed E-state index contributed by atoms with van der Waals surface area (Å²) in [7, 11) is 0. The average molecular weight is 332 g/mol. The summed E-state index contributed by atoms with van der Waals surface area (Å²) in [6, 6.07) is 4.96. The second-order valence-corrected chi connectivity index (χ2v) is 4.82. The molecule has 5 nitrogen and oxygen atoms in total. The molecule has 1 aromatic rings. The fourth-order valence-corrected chi connectivity index (χ4v) is 1.85. The molecule has 7 heteroatoms. The predicted octanol–water partition coefficient (Wildman–Crippen LogP) is 1.06. The van der Waals surface area contributed by atoms with E-state index in [9.17, 15) is 9.90 Å². The van der Waals surface area contributed by atoms with E-state index >= 15 is 0 Å². The molecule has 0 spiro atoms. The number of hydrazone groups is 1. The van der Waals surface area contributed by atoms with Gasteiger partial charge in [0.05, 0.1) is 4.47 Å². The van der Waals surface area contributed by atoms with Gasteiger partial charge in [-0.3, -0.25) is 4.79 Å². The quantitative estimate of drug-likeness (QED) is 0.281. The number of halogens is 1. The Hall–Kier alpha value is -1.21. The summed E-state index contributed by atoms with van der Waals surface area (Å²) in [5.74, 6) is 5.59. The number of benzene rings is 1. The van der Waals surface area contributed by atoms with Crippen LogP contribution < -0.4 is 11.2 Å². The van der Waals surface area contributed by atoms with Gasteiger partial charge in [0, 0.05) is 18.7 Å². The number of nitrogens with two attached hydrogens (primary N) is 1. The van der Waals surface area contributed by atoms with Crippen LogP contribution in [0.3, 0.4) is 0 Å². The maximum Gasteiger partial charge on any atom is 0.267 e. The van der Waals surface area contributed by atoms with Gasteiger partial charge in [0.25, 0.3) is 5.91 Å². The predicted molar refractivity (Wildman–Crippen MR) is 78.0 cm³/mol. The smallest absolute Gasteiger partial charge is 0.267 e. The highest BCUT2D eigenvalue weighted by molar-refractivity contribution is 9.10. The molecule has 0 aliphatic rings. The van der Waals surface area contributed by atoms with Crippen molar-refractivity contribution in [2.75, 3.05) is 12.3 Å². The topological polar surface area (TPSA) is 87.7 Å². The molecule has 18 heavy (non-hydrogen) atoms. The molecular weight excluding hydrogens is 318 g/mol. The Morgan fingerprint density at radius 3 is 2.83 bits per heavy atom. The van der Waals surface area contributed by atoms with Crippen LogP contribution in [0.1, 0.15) is 5.56 Å². The maximum atomic E-state index is 11.7. The summed E-state index contributed by atoms with van der Waals surface area (Å²) in [6.07, 6.45) is 0.299. The molecule has 1 rings (SSSR count). The lowest BCUT2D eigenvalue weighted by Crippen LogP contribution is -2.34. The molecule has 0 aromatic heterocycles. The molecule has 0 saturated carbocycles. The number of phenolic OH excluding ortho intramolecular Hbond substituents is 1. The Bertz CT molecular complexity index is 466. The lowest BCUT2D eigenvalue weighted by atomic mass is 10.1. The number of carbonyl (C=O) groups is 1. The van der Waals surface area contributed by atoms with Crippen molar-refractivity contribution in [2.24, 2.45) is 10.9 Å². The third-order valence-electron chi connectivity index (χ3n) is 2.20. The Morgan fingerprint density at radius 1 is 1.56 bits per heavy atom. The Kier molecular flexibility index (Phi) is 6.00. The van der Waals surface area contributed by atoms with E-state index in [1.807, 2.05) is 0 Å². The number of nitrogens with zero attached hydrogens (tertiary/aromatic N) is 1. The summed E-state index contributed by atoms with van der Waals surface area (Å²) in [5.41, 5.74) is 1.05. The van der Waals surface area contributed by atoms with Gasteiger partial charge >= 0.3 is 0 Å². The number of thiol groups is 1. The normalized spacial score (nSPS) is 11.3. The number of hydrogen-bond donors (Lipinski definition) is 4. The van der Waals surface area contributed by atoms with E-state index in [1.54, 1.807) is 18.2 Å². The summed E-state index contributed by atoms with van der Waals surface area (Å²) in [6.45, 7) is 0.459. The second-order valence-electron chi connectivity index (χ2n) is 3.52. The first-order valence-corrected chi connectivity index (χ1v) is 6.64. The molecule has 0 aliphatic heterocycles. The van der Waals surface area contributed by atoms with Crippen molar-refractivity contribution in [2.45, 2.75) is 6.42 Å². The van der Waals surface area contributed by atoms with Crippen molar-refractivity contribution in [1.82, 2.24) is 5.32 Å².